The molecule has 0 aliphatic carbocycles. The minimum atomic E-state index is -1.03. The molecule has 1 amide bonds. The Morgan fingerprint density at radius 1 is 1.38 bits per heavy atom. The molecule has 1 fully saturated rings. The highest BCUT2D eigenvalue weighted by molar-refractivity contribution is 5.84. The van der Waals surface area contributed by atoms with Crippen molar-refractivity contribution in [2.24, 2.45) is 5.41 Å². The van der Waals surface area contributed by atoms with Crippen molar-refractivity contribution in [1.29, 1.82) is 0 Å². The number of morpholine rings is 1. The molecule has 0 aromatic rings. The summed E-state index contributed by atoms with van der Waals surface area (Å²) in [6.45, 7) is 5.52. The predicted molar refractivity (Wildman–Crippen MR) is 56.6 cm³/mol. The number of aliphatic carboxylic acids is 1. The summed E-state index contributed by atoms with van der Waals surface area (Å²) in [7, 11) is 0. The van der Waals surface area contributed by atoms with Crippen LogP contribution in [0.3, 0.4) is 0 Å². The van der Waals surface area contributed by atoms with Crippen LogP contribution in [0.1, 0.15) is 20.3 Å². The highest BCUT2D eigenvalue weighted by Gasteiger charge is 2.30. The average molecular weight is 230 g/mol. The minimum Gasteiger partial charge on any atom is -0.481 e. The monoisotopic (exact) mass is 230 g/mol. The summed E-state index contributed by atoms with van der Waals surface area (Å²) in [6, 6.07) is 0. The number of ether oxygens (including phenoxy) is 1. The summed E-state index contributed by atoms with van der Waals surface area (Å²) in [5.74, 6) is -1.24. The van der Waals surface area contributed by atoms with Gasteiger partial charge in [-0.05, 0) is 13.8 Å². The van der Waals surface area contributed by atoms with Crippen LogP contribution in [0.15, 0.2) is 0 Å². The number of nitrogens with zero attached hydrogens (tertiary/aromatic N) is 1. The second kappa shape index (κ2) is 5.27. The molecule has 2 N–H and O–H groups in total. The van der Waals surface area contributed by atoms with E-state index >= 15 is 0 Å². The molecule has 0 atom stereocenters. The van der Waals surface area contributed by atoms with Crippen LogP contribution in [0.4, 0.5) is 0 Å². The van der Waals surface area contributed by atoms with Gasteiger partial charge in [0.1, 0.15) is 0 Å². The van der Waals surface area contributed by atoms with E-state index in [4.69, 9.17) is 9.84 Å². The van der Waals surface area contributed by atoms with Crippen LogP contribution < -0.4 is 5.43 Å². The fourth-order valence-electron chi connectivity index (χ4n) is 1.37. The summed E-state index contributed by atoms with van der Waals surface area (Å²) >= 11 is 0. The van der Waals surface area contributed by atoms with Gasteiger partial charge in [-0.1, -0.05) is 0 Å². The van der Waals surface area contributed by atoms with Gasteiger partial charge in [0, 0.05) is 19.5 Å². The normalized spacial score (nSPS) is 18.1. The van der Waals surface area contributed by atoms with E-state index in [-0.39, 0.29) is 12.3 Å². The standard InChI is InChI=1S/C10H18N2O4/c1-10(2,9(14)15)7-8(13)11-12-3-5-16-6-4-12/h3-7H2,1-2H3,(H,11,13)(H,14,15). The van der Waals surface area contributed by atoms with Crippen LogP contribution in [-0.2, 0) is 14.3 Å². The molecule has 92 valence electrons. The summed E-state index contributed by atoms with van der Waals surface area (Å²) in [5, 5.41) is 10.6. The topological polar surface area (TPSA) is 78.9 Å². The Morgan fingerprint density at radius 2 is 1.94 bits per heavy atom. The molecule has 1 rings (SSSR count). The molecule has 1 aliphatic heterocycles. The van der Waals surface area contributed by atoms with Crippen LogP contribution in [-0.4, -0.2) is 48.3 Å². The quantitative estimate of drug-likeness (QED) is 0.702. The fraction of sp³-hybridized carbons (Fsp3) is 0.800. The second-order valence-electron chi connectivity index (χ2n) is 4.50. The fourth-order valence-corrected chi connectivity index (χ4v) is 1.37. The van der Waals surface area contributed by atoms with E-state index < -0.39 is 11.4 Å². The van der Waals surface area contributed by atoms with Gasteiger partial charge in [0.05, 0.1) is 18.6 Å². The maximum Gasteiger partial charge on any atom is 0.309 e. The van der Waals surface area contributed by atoms with E-state index in [1.54, 1.807) is 5.01 Å². The van der Waals surface area contributed by atoms with Crippen LogP contribution in [0.25, 0.3) is 0 Å². The molecule has 0 aromatic carbocycles. The van der Waals surface area contributed by atoms with Gasteiger partial charge in [0.2, 0.25) is 5.91 Å². The Balaban J connectivity index is 2.37. The van der Waals surface area contributed by atoms with Crippen LogP contribution in [0.5, 0.6) is 0 Å². The molecule has 0 radical (unpaired) electrons. The lowest BCUT2D eigenvalue weighted by Crippen LogP contribution is -2.49. The number of carbonyl (C=O) groups excluding carboxylic acids is 1. The van der Waals surface area contributed by atoms with Gasteiger partial charge in [-0.3, -0.25) is 15.0 Å². The molecular weight excluding hydrogens is 212 g/mol. The summed E-state index contributed by atoms with van der Waals surface area (Å²) in [4.78, 5) is 22.4. The molecule has 1 aliphatic rings. The number of amides is 1. The number of hydrogen-bond acceptors (Lipinski definition) is 4. The number of carboxylic acid groups (broad SMARTS) is 1. The van der Waals surface area contributed by atoms with Crippen molar-refractivity contribution in [3.8, 4) is 0 Å². The first kappa shape index (κ1) is 12.9. The van der Waals surface area contributed by atoms with Gasteiger partial charge in [-0.15, -0.1) is 0 Å². The summed E-state index contributed by atoms with van der Waals surface area (Å²) in [6.07, 6.45) is -0.0281. The summed E-state index contributed by atoms with van der Waals surface area (Å²) < 4.78 is 5.13. The third-order valence-electron chi connectivity index (χ3n) is 2.48. The lowest BCUT2D eigenvalue weighted by molar-refractivity contribution is -0.150. The number of carboxylic acids is 1. The first-order valence-corrected chi connectivity index (χ1v) is 5.27. The van der Waals surface area contributed by atoms with Crippen LogP contribution >= 0.6 is 0 Å². The van der Waals surface area contributed by atoms with Crippen molar-refractivity contribution < 1.29 is 19.4 Å². The van der Waals surface area contributed by atoms with Crippen molar-refractivity contribution >= 4 is 11.9 Å². The molecule has 6 heteroatoms. The van der Waals surface area contributed by atoms with Gasteiger partial charge in [-0.2, -0.15) is 0 Å². The number of hydrazine groups is 1. The Bertz CT molecular complexity index is 272. The van der Waals surface area contributed by atoms with Gasteiger partial charge < -0.3 is 9.84 Å². The SMILES string of the molecule is CC(C)(CC(=O)NN1CCOCC1)C(=O)O. The van der Waals surface area contributed by atoms with E-state index in [0.29, 0.717) is 26.3 Å². The van der Waals surface area contributed by atoms with Gasteiger partial charge in [0.15, 0.2) is 0 Å². The van der Waals surface area contributed by atoms with Crippen molar-refractivity contribution in [1.82, 2.24) is 10.4 Å². The lowest BCUT2D eigenvalue weighted by atomic mass is 9.89. The zero-order valence-corrected chi connectivity index (χ0v) is 9.65. The first-order valence-electron chi connectivity index (χ1n) is 5.27. The molecule has 16 heavy (non-hydrogen) atoms. The van der Waals surface area contributed by atoms with E-state index in [1.807, 2.05) is 0 Å². The van der Waals surface area contributed by atoms with Gasteiger partial charge in [-0.25, -0.2) is 5.01 Å². The zero-order chi connectivity index (χ0) is 12.2. The molecule has 1 heterocycles. The van der Waals surface area contributed by atoms with Crippen LogP contribution in [0.2, 0.25) is 0 Å². The van der Waals surface area contributed by atoms with E-state index in [0.717, 1.165) is 0 Å². The largest absolute Gasteiger partial charge is 0.481 e. The number of nitrogens with one attached hydrogen (secondary N) is 1. The maximum absolute atomic E-state index is 11.6. The first-order chi connectivity index (χ1) is 7.42. The molecule has 6 nitrogen and oxygen atoms in total. The molecule has 0 saturated carbocycles. The van der Waals surface area contributed by atoms with Crippen LogP contribution in [0, 0.1) is 5.41 Å². The Kier molecular flexibility index (Phi) is 4.26. The number of carbonyl (C=O) groups is 2. The minimum absolute atomic E-state index is 0.0281. The highest BCUT2D eigenvalue weighted by Crippen LogP contribution is 2.20. The van der Waals surface area contributed by atoms with Crippen molar-refractivity contribution in [2.45, 2.75) is 20.3 Å². The zero-order valence-electron chi connectivity index (χ0n) is 9.65. The molecular formula is C10H18N2O4. The van der Waals surface area contributed by atoms with Crippen molar-refractivity contribution in [3.63, 3.8) is 0 Å². The predicted octanol–water partition coefficient (Wildman–Crippen LogP) is -0.149. The van der Waals surface area contributed by atoms with Gasteiger partial charge in [0.25, 0.3) is 0 Å². The van der Waals surface area contributed by atoms with E-state index in [1.165, 1.54) is 13.8 Å². The summed E-state index contributed by atoms with van der Waals surface area (Å²) in [5.41, 5.74) is 1.65. The molecule has 1 saturated heterocycles. The molecule has 0 spiro atoms. The number of rotatable bonds is 4. The Morgan fingerprint density at radius 3 is 2.44 bits per heavy atom. The highest BCUT2D eigenvalue weighted by atomic mass is 16.5. The third-order valence-corrected chi connectivity index (χ3v) is 2.48. The average Bonchev–Trinajstić information content (AvgIpc) is 2.17. The van der Waals surface area contributed by atoms with E-state index in [2.05, 4.69) is 5.43 Å². The number of hydrogen-bond donors (Lipinski definition) is 2. The van der Waals surface area contributed by atoms with Crippen molar-refractivity contribution in [2.75, 3.05) is 26.3 Å². The van der Waals surface area contributed by atoms with E-state index in [9.17, 15) is 9.59 Å². The third kappa shape index (κ3) is 3.79. The Hall–Kier alpha value is -1.14. The molecule has 0 unspecified atom stereocenters. The smallest absolute Gasteiger partial charge is 0.309 e. The maximum atomic E-state index is 11.6. The second-order valence-corrected chi connectivity index (χ2v) is 4.50. The van der Waals surface area contributed by atoms with Crippen molar-refractivity contribution in [3.05, 3.63) is 0 Å². The Labute approximate surface area is 94.5 Å². The van der Waals surface area contributed by atoms with Gasteiger partial charge >= 0.3 is 5.97 Å². The molecule has 0 aromatic heterocycles. The molecule has 0 bridgehead atoms. The lowest BCUT2D eigenvalue weighted by Gasteiger charge is -2.28.